The van der Waals surface area contributed by atoms with Gasteiger partial charge in [0.1, 0.15) is 5.75 Å². The first-order valence-corrected chi connectivity index (χ1v) is 10.5. The van der Waals surface area contributed by atoms with Crippen LogP contribution in [-0.2, 0) is 16.4 Å². The molecule has 0 unspecified atom stereocenters. The molecule has 144 valence electrons. The van der Waals surface area contributed by atoms with Crippen LogP contribution in [-0.4, -0.2) is 34.4 Å². The fourth-order valence-corrected chi connectivity index (χ4v) is 4.19. The van der Waals surface area contributed by atoms with E-state index in [1.807, 2.05) is 6.07 Å². The number of aryl methyl sites for hydroxylation is 1. The van der Waals surface area contributed by atoms with Crippen molar-refractivity contribution in [2.75, 3.05) is 34.8 Å². The smallest absolute Gasteiger partial charge is 0.323 e. The number of rotatable bonds is 4. The van der Waals surface area contributed by atoms with E-state index < -0.39 is 16.1 Å². The molecule has 0 aromatic heterocycles. The monoisotopic (exact) mass is 409 g/mol. The third-order valence-corrected chi connectivity index (χ3v) is 5.64. The Morgan fingerprint density at radius 1 is 1.19 bits per heavy atom. The third kappa shape index (κ3) is 4.45. The Morgan fingerprint density at radius 2 is 1.96 bits per heavy atom. The number of amides is 2. The van der Waals surface area contributed by atoms with Crippen molar-refractivity contribution in [2.45, 2.75) is 12.8 Å². The third-order valence-electron chi connectivity index (χ3n) is 4.23. The predicted octanol–water partition coefficient (Wildman–Crippen LogP) is 3.70. The van der Waals surface area contributed by atoms with Crippen molar-refractivity contribution in [3.63, 3.8) is 0 Å². The normalized spacial score (nSPS) is 13.7. The minimum atomic E-state index is -3.37. The highest BCUT2D eigenvalue weighted by Gasteiger charge is 2.24. The first-order valence-electron chi connectivity index (χ1n) is 8.30. The lowest BCUT2D eigenvalue weighted by atomic mass is 10.0. The summed E-state index contributed by atoms with van der Waals surface area (Å²) in [6.45, 7) is 0.432. The Balaban J connectivity index is 1.81. The second-order valence-corrected chi connectivity index (χ2v) is 8.55. The highest BCUT2D eigenvalue weighted by molar-refractivity contribution is 7.92. The predicted molar refractivity (Wildman–Crippen MR) is 108 cm³/mol. The number of methoxy groups -OCH3 is 1. The van der Waals surface area contributed by atoms with Crippen molar-refractivity contribution in [3.05, 3.63) is 47.0 Å². The maximum absolute atomic E-state index is 12.4. The number of urea groups is 1. The second kappa shape index (κ2) is 7.66. The van der Waals surface area contributed by atoms with Gasteiger partial charge < -0.3 is 15.4 Å². The first-order chi connectivity index (χ1) is 12.8. The van der Waals surface area contributed by atoms with Gasteiger partial charge in [-0.2, -0.15) is 0 Å². The zero-order chi connectivity index (χ0) is 19.6. The molecule has 2 aromatic rings. The minimum Gasteiger partial charge on any atom is -0.495 e. The first kappa shape index (κ1) is 19.3. The molecule has 27 heavy (non-hydrogen) atoms. The van der Waals surface area contributed by atoms with Crippen LogP contribution in [0.5, 0.6) is 5.75 Å². The molecule has 1 aliphatic heterocycles. The summed E-state index contributed by atoms with van der Waals surface area (Å²) in [6.07, 6.45) is 2.75. The van der Waals surface area contributed by atoms with Crippen molar-refractivity contribution in [2.24, 2.45) is 0 Å². The zero-order valence-corrected chi connectivity index (χ0v) is 16.5. The number of nitrogens with one attached hydrogen (secondary N) is 2. The van der Waals surface area contributed by atoms with Crippen molar-refractivity contribution < 1.29 is 17.9 Å². The summed E-state index contributed by atoms with van der Waals surface area (Å²) in [7, 11) is -1.88. The van der Waals surface area contributed by atoms with Gasteiger partial charge in [-0.3, -0.25) is 4.31 Å². The van der Waals surface area contributed by atoms with Crippen molar-refractivity contribution in [1.29, 1.82) is 0 Å². The lowest BCUT2D eigenvalue weighted by Crippen LogP contribution is -2.34. The average molecular weight is 410 g/mol. The quantitative estimate of drug-likeness (QED) is 0.805. The Bertz CT molecular complexity index is 979. The van der Waals surface area contributed by atoms with Gasteiger partial charge in [-0.25, -0.2) is 13.2 Å². The molecule has 0 radical (unpaired) electrons. The summed E-state index contributed by atoms with van der Waals surface area (Å²) in [4.78, 5) is 12.4. The van der Waals surface area contributed by atoms with E-state index in [2.05, 4.69) is 10.6 Å². The number of fused-ring (bicyclic) bond motifs is 1. The molecule has 9 heteroatoms. The van der Waals surface area contributed by atoms with E-state index in [-0.39, 0.29) is 0 Å². The molecular weight excluding hydrogens is 390 g/mol. The molecule has 2 amide bonds. The van der Waals surface area contributed by atoms with E-state index in [1.165, 1.54) is 17.7 Å². The van der Waals surface area contributed by atoms with Crippen LogP contribution in [0.1, 0.15) is 12.0 Å². The van der Waals surface area contributed by atoms with Gasteiger partial charge in [0.25, 0.3) is 0 Å². The van der Waals surface area contributed by atoms with Crippen LogP contribution in [0, 0.1) is 0 Å². The summed E-state index contributed by atoms with van der Waals surface area (Å²) in [6, 6.07) is 9.66. The summed E-state index contributed by atoms with van der Waals surface area (Å²) < 4.78 is 30.6. The second-order valence-electron chi connectivity index (χ2n) is 6.21. The van der Waals surface area contributed by atoms with Gasteiger partial charge in [-0.15, -0.1) is 0 Å². The van der Waals surface area contributed by atoms with Gasteiger partial charge in [-0.1, -0.05) is 17.7 Å². The van der Waals surface area contributed by atoms with Gasteiger partial charge in [-0.05, 0) is 48.7 Å². The fraction of sp³-hybridized carbons (Fsp3) is 0.278. The molecule has 1 heterocycles. The SMILES string of the molecule is COc1ccc(Cl)cc1NC(=O)Nc1ccc2c(c1)N(S(C)(=O)=O)CCC2. The average Bonchev–Trinajstić information content (AvgIpc) is 2.60. The van der Waals surface area contributed by atoms with E-state index in [9.17, 15) is 13.2 Å². The van der Waals surface area contributed by atoms with Crippen LogP contribution in [0.4, 0.5) is 21.9 Å². The molecular formula is C18H20ClN3O4S. The van der Waals surface area contributed by atoms with Gasteiger partial charge in [0.2, 0.25) is 10.0 Å². The van der Waals surface area contributed by atoms with Crippen LogP contribution in [0.25, 0.3) is 0 Å². The van der Waals surface area contributed by atoms with E-state index >= 15 is 0 Å². The number of ether oxygens (including phenoxy) is 1. The van der Waals surface area contributed by atoms with Gasteiger partial charge in [0.05, 0.1) is 24.7 Å². The van der Waals surface area contributed by atoms with Crippen molar-refractivity contribution in [3.8, 4) is 5.75 Å². The molecule has 3 rings (SSSR count). The molecule has 0 atom stereocenters. The van der Waals surface area contributed by atoms with E-state index in [0.717, 1.165) is 18.4 Å². The molecule has 0 spiro atoms. The standard InChI is InChI=1S/C18H20ClN3O4S/c1-26-17-8-6-13(19)10-15(17)21-18(23)20-14-7-5-12-4-3-9-22(16(12)11-14)27(2,24)25/h5-8,10-11H,3-4,9H2,1-2H3,(H2,20,21,23). The molecule has 0 fully saturated rings. The summed E-state index contributed by atoms with van der Waals surface area (Å²) >= 11 is 5.97. The number of anilines is 3. The number of carbonyl (C=O) groups is 1. The fourth-order valence-electron chi connectivity index (χ4n) is 3.03. The maximum atomic E-state index is 12.4. The van der Waals surface area contributed by atoms with Gasteiger partial charge >= 0.3 is 6.03 Å². The number of sulfonamides is 1. The summed E-state index contributed by atoms with van der Waals surface area (Å²) in [5.74, 6) is 0.475. The van der Waals surface area contributed by atoms with Crippen LogP contribution in [0.3, 0.4) is 0 Å². The molecule has 0 saturated heterocycles. The number of benzene rings is 2. The molecule has 7 nitrogen and oxygen atoms in total. The van der Waals surface area contributed by atoms with Crippen LogP contribution >= 0.6 is 11.6 Å². The number of halogens is 1. The Kier molecular flexibility index (Phi) is 5.48. The topological polar surface area (TPSA) is 87.7 Å². The van der Waals surface area contributed by atoms with Crippen LogP contribution in [0.15, 0.2) is 36.4 Å². The van der Waals surface area contributed by atoms with Crippen molar-refractivity contribution >= 4 is 44.7 Å². The highest BCUT2D eigenvalue weighted by Crippen LogP contribution is 2.32. The van der Waals surface area contributed by atoms with E-state index in [1.54, 1.807) is 30.3 Å². The van der Waals surface area contributed by atoms with Gasteiger partial charge in [0.15, 0.2) is 0 Å². The Morgan fingerprint density at radius 3 is 2.67 bits per heavy atom. The molecule has 0 bridgehead atoms. The molecule has 0 saturated carbocycles. The number of carbonyl (C=O) groups excluding carboxylic acids is 1. The van der Waals surface area contributed by atoms with Crippen LogP contribution in [0.2, 0.25) is 5.02 Å². The number of hydrogen-bond donors (Lipinski definition) is 2. The number of hydrogen-bond acceptors (Lipinski definition) is 4. The van der Waals surface area contributed by atoms with Crippen LogP contribution < -0.4 is 19.7 Å². The largest absolute Gasteiger partial charge is 0.495 e. The number of nitrogens with zero attached hydrogens (tertiary/aromatic N) is 1. The minimum absolute atomic E-state index is 0.429. The molecule has 1 aliphatic rings. The molecule has 2 aromatic carbocycles. The lowest BCUT2D eigenvalue weighted by Gasteiger charge is -2.29. The van der Waals surface area contributed by atoms with E-state index in [0.29, 0.717) is 34.4 Å². The molecule has 0 aliphatic carbocycles. The highest BCUT2D eigenvalue weighted by atomic mass is 35.5. The lowest BCUT2D eigenvalue weighted by molar-refractivity contribution is 0.262. The maximum Gasteiger partial charge on any atom is 0.323 e. The molecule has 2 N–H and O–H groups in total. The van der Waals surface area contributed by atoms with E-state index in [4.69, 9.17) is 16.3 Å². The summed E-state index contributed by atoms with van der Waals surface area (Å²) in [5.41, 5.74) is 2.46. The Hall–Kier alpha value is -2.45. The summed E-state index contributed by atoms with van der Waals surface area (Å²) in [5, 5.41) is 5.86. The van der Waals surface area contributed by atoms with Crippen molar-refractivity contribution in [1.82, 2.24) is 0 Å². The van der Waals surface area contributed by atoms with Gasteiger partial charge in [0, 0.05) is 17.3 Å². The Labute approximate surface area is 163 Å². The zero-order valence-electron chi connectivity index (χ0n) is 15.0.